The first-order chi connectivity index (χ1) is 7.03. The number of aliphatic imine (C=N–C) groups is 2. The van der Waals surface area contributed by atoms with Gasteiger partial charge in [0.15, 0.2) is 5.90 Å². The molecular weight excluding hydrogens is 204 g/mol. The molecule has 4 nitrogen and oxygen atoms in total. The topological polar surface area (TPSA) is 43.2 Å². The third kappa shape index (κ3) is 8.26. The van der Waals surface area contributed by atoms with Crippen molar-refractivity contribution >= 4 is 11.9 Å². The van der Waals surface area contributed by atoms with Gasteiger partial charge in [-0.2, -0.15) is 4.99 Å². The van der Waals surface area contributed by atoms with E-state index in [0.717, 1.165) is 0 Å². The minimum absolute atomic E-state index is 0.256. The Labute approximate surface area is 98.8 Å². The van der Waals surface area contributed by atoms with E-state index in [1.807, 2.05) is 41.5 Å². The molecule has 0 N–H and O–H groups in total. The molecule has 0 aliphatic rings. The summed E-state index contributed by atoms with van der Waals surface area (Å²) in [7, 11) is 1.65. The van der Waals surface area contributed by atoms with Gasteiger partial charge in [0.25, 0.3) is 0 Å². The van der Waals surface area contributed by atoms with Crippen LogP contribution in [0.5, 0.6) is 0 Å². The molecule has 0 aliphatic heterocycles. The number of ether oxygens (including phenoxy) is 2. The summed E-state index contributed by atoms with van der Waals surface area (Å²) in [5.74, 6) is 0.553. The molecule has 0 radical (unpaired) electrons. The van der Waals surface area contributed by atoms with Crippen molar-refractivity contribution < 1.29 is 9.47 Å². The van der Waals surface area contributed by atoms with Crippen molar-refractivity contribution in [3.63, 3.8) is 0 Å². The van der Waals surface area contributed by atoms with E-state index in [4.69, 9.17) is 9.47 Å². The minimum Gasteiger partial charge on any atom is -0.475 e. The maximum atomic E-state index is 5.57. The fraction of sp³-hybridized carbons (Fsp3) is 0.833. The zero-order valence-electron chi connectivity index (χ0n) is 11.7. The summed E-state index contributed by atoms with van der Waals surface area (Å²) in [6.07, 6.45) is 0. The van der Waals surface area contributed by atoms with Crippen LogP contribution >= 0.6 is 0 Å². The molecule has 0 fully saturated rings. The van der Waals surface area contributed by atoms with Gasteiger partial charge >= 0.3 is 6.02 Å². The van der Waals surface area contributed by atoms with Crippen molar-refractivity contribution in [3.05, 3.63) is 0 Å². The molecule has 0 spiro atoms. The normalized spacial score (nSPS) is 15.0. The van der Waals surface area contributed by atoms with Crippen LogP contribution in [0.2, 0.25) is 0 Å². The Morgan fingerprint density at radius 3 is 1.62 bits per heavy atom. The van der Waals surface area contributed by atoms with E-state index >= 15 is 0 Å². The third-order valence-electron chi connectivity index (χ3n) is 1.30. The molecule has 0 rings (SSSR count). The van der Waals surface area contributed by atoms with Crippen LogP contribution in [0, 0.1) is 0 Å². The van der Waals surface area contributed by atoms with Crippen LogP contribution in [0.3, 0.4) is 0 Å². The Bertz CT molecular complexity index is 280. The fourth-order valence-electron chi connectivity index (χ4n) is 0.993. The lowest BCUT2D eigenvalue weighted by Gasteiger charge is -2.22. The molecule has 0 atom stereocenters. The Kier molecular flexibility index (Phi) is 4.97. The van der Waals surface area contributed by atoms with Gasteiger partial charge in [0.05, 0.1) is 0 Å². The number of nitrogens with zero attached hydrogens (tertiary/aromatic N) is 2. The highest BCUT2D eigenvalue weighted by atomic mass is 16.5. The second-order valence-electron chi connectivity index (χ2n) is 5.57. The summed E-state index contributed by atoms with van der Waals surface area (Å²) in [4.78, 5) is 8.16. The molecule has 4 heteroatoms. The van der Waals surface area contributed by atoms with Crippen molar-refractivity contribution in [2.45, 2.75) is 59.7 Å². The van der Waals surface area contributed by atoms with Gasteiger partial charge in [-0.1, -0.05) is 0 Å². The third-order valence-corrected chi connectivity index (χ3v) is 1.30. The number of hydrogen-bond donors (Lipinski definition) is 0. The highest BCUT2D eigenvalue weighted by Gasteiger charge is 2.16. The highest BCUT2D eigenvalue weighted by Crippen LogP contribution is 2.10. The van der Waals surface area contributed by atoms with Crippen LogP contribution in [0.25, 0.3) is 0 Å². The Balaban J connectivity index is 4.60. The van der Waals surface area contributed by atoms with Gasteiger partial charge in [0, 0.05) is 14.0 Å². The standard InChI is InChI=1S/C12H24N2O2/c1-9(15-11(2,3)4)14-10(13-8)16-12(5,6)7/h1-8H3. The van der Waals surface area contributed by atoms with Gasteiger partial charge in [0.2, 0.25) is 0 Å². The van der Waals surface area contributed by atoms with Crippen LogP contribution in [0.1, 0.15) is 48.5 Å². The molecule has 0 aliphatic carbocycles. The van der Waals surface area contributed by atoms with Gasteiger partial charge in [-0.05, 0) is 41.5 Å². The van der Waals surface area contributed by atoms with E-state index in [9.17, 15) is 0 Å². The van der Waals surface area contributed by atoms with Crippen molar-refractivity contribution in [1.82, 2.24) is 0 Å². The molecule has 94 valence electrons. The fourth-order valence-corrected chi connectivity index (χ4v) is 0.993. The SMILES string of the molecule is CN=C(N=C(C)OC(C)(C)C)OC(C)(C)C. The molecule has 0 saturated heterocycles. The van der Waals surface area contributed by atoms with Crippen molar-refractivity contribution in [3.8, 4) is 0 Å². The Morgan fingerprint density at radius 2 is 1.31 bits per heavy atom. The molecule has 16 heavy (non-hydrogen) atoms. The minimum atomic E-state index is -0.305. The van der Waals surface area contributed by atoms with Crippen molar-refractivity contribution in [2.75, 3.05) is 7.05 Å². The number of rotatable bonds is 0. The Morgan fingerprint density at radius 1 is 0.875 bits per heavy atom. The summed E-state index contributed by atoms with van der Waals surface area (Å²) >= 11 is 0. The largest absolute Gasteiger partial charge is 0.475 e. The second-order valence-corrected chi connectivity index (χ2v) is 5.57. The molecular formula is C12H24N2O2. The van der Waals surface area contributed by atoms with Crippen molar-refractivity contribution in [2.24, 2.45) is 9.98 Å². The van der Waals surface area contributed by atoms with E-state index in [-0.39, 0.29) is 11.2 Å². The average molecular weight is 228 g/mol. The molecule has 0 amide bonds. The lowest BCUT2D eigenvalue weighted by molar-refractivity contribution is 0.106. The van der Waals surface area contributed by atoms with Crippen LogP contribution in [-0.4, -0.2) is 30.2 Å². The highest BCUT2D eigenvalue weighted by molar-refractivity contribution is 5.89. The van der Waals surface area contributed by atoms with Gasteiger partial charge in [-0.15, -0.1) is 0 Å². The predicted octanol–water partition coefficient (Wildman–Crippen LogP) is 3.02. The summed E-state index contributed by atoms with van der Waals surface area (Å²) in [5.41, 5.74) is -0.561. The van der Waals surface area contributed by atoms with Crippen LogP contribution in [0.15, 0.2) is 9.98 Å². The summed E-state index contributed by atoms with van der Waals surface area (Å²) < 4.78 is 11.1. The van der Waals surface area contributed by atoms with Crippen LogP contribution in [-0.2, 0) is 9.47 Å². The van der Waals surface area contributed by atoms with E-state index in [1.54, 1.807) is 14.0 Å². The monoisotopic (exact) mass is 228 g/mol. The first-order valence-corrected chi connectivity index (χ1v) is 5.43. The Hall–Kier alpha value is -1.06. The van der Waals surface area contributed by atoms with Gasteiger partial charge < -0.3 is 9.47 Å². The molecule has 0 aromatic rings. The molecule has 0 heterocycles. The second kappa shape index (κ2) is 5.32. The summed E-state index contributed by atoms with van der Waals surface area (Å²) in [6, 6.07) is 0.342. The van der Waals surface area contributed by atoms with Crippen LogP contribution < -0.4 is 0 Å². The molecule has 0 saturated carbocycles. The first-order valence-electron chi connectivity index (χ1n) is 5.43. The van der Waals surface area contributed by atoms with Gasteiger partial charge in [-0.3, -0.25) is 0 Å². The quantitative estimate of drug-likeness (QED) is 0.472. The van der Waals surface area contributed by atoms with Gasteiger partial charge in [-0.25, -0.2) is 4.99 Å². The smallest absolute Gasteiger partial charge is 0.314 e. The van der Waals surface area contributed by atoms with E-state index < -0.39 is 0 Å². The van der Waals surface area contributed by atoms with E-state index in [2.05, 4.69) is 9.98 Å². The van der Waals surface area contributed by atoms with Gasteiger partial charge in [0.1, 0.15) is 11.2 Å². The maximum absolute atomic E-state index is 5.57. The van der Waals surface area contributed by atoms with Crippen molar-refractivity contribution in [1.29, 1.82) is 0 Å². The molecule has 0 unspecified atom stereocenters. The predicted molar refractivity (Wildman–Crippen MR) is 68.1 cm³/mol. The van der Waals surface area contributed by atoms with Crippen LogP contribution in [0.4, 0.5) is 0 Å². The maximum Gasteiger partial charge on any atom is 0.314 e. The lowest BCUT2D eigenvalue weighted by Crippen LogP contribution is -2.26. The number of hydrogen-bond acceptors (Lipinski definition) is 3. The first kappa shape index (κ1) is 14.9. The number of amidine groups is 1. The molecule has 0 bridgehead atoms. The van der Waals surface area contributed by atoms with E-state index in [0.29, 0.717) is 11.9 Å². The molecule has 0 aromatic heterocycles. The summed E-state index contributed by atoms with van der Waals surface area (Å²) in [6.45, 7) is 13.6. The zero-order valence-corrected chi connectivity index (χ0v) is 11.7. The summed E-state index contributed by atoms with van der Waals surface area (Å²) in [5, 5.41) is 0. The molecule has 0 aromatic carbocycles. The average Bonchev–Trinajstić information content (AvgIpc) is 1.96. The zero-order chi connectivity index (χ0) is 13.0. The lowest BCUT2D eigenvalue weighted by atomic mass is 10.2. The van der Waals surface area contributed by atoms with E-state index in [1.165, 1.54) is 0 Å².